The minimum absolute atomic E-state index is 0.151. The van der Waals surface area contributed by atoms with Crippen molar-refractivity contribution in [2.24, 2.45) is 11.8 Å². The lowest BCUT2D eigenvalue weighted by Crippen LogP contribution is -2.13. The molecular formula is C13H20N4O. The van der Waals surface area contributed by atoms with E-state index in [9.17, 15) is 4.79 Å². The molecular weight excluding hydrogens is 228 g/mol. The Morgan fingerprint density at radius 2 is 1.72 bits per heavy atom. The summed E-state index contributed by atoms with van der Waals surface area (Å²) in [4.78, 5) is 19.2. The predicted molar refractivity (Wildman–Crippen MR) is 71.6 cm³/mol. The van der Waals surface area contributed by atoms with Gasteiger partial charge in [0.25, 0.3) is 5.56 Å². The third-order valence-corrected chi connectivity index (χ3v) is 2.75. The Morgan fingerprint density at radius 3 is 2.33 bits per heavy atom. The van der Waals surface area contributed by atoms with Gasteiger partial charge >= 0.3 is 0 Å². The zero-order chi connectivity index (χ0) is 13.3. The number of hydrogen-bond donors (Lipinski definition) is 2. The minimum atomic E-state index is -0.151. The van der Waals surface area contributed by atoms with Gasteiger partial charge in [-0.25, -0.2) is 4.98 Å². The van der Waals surface area contributed by atoms with Crippen LogP contribution in [0.3, 0.4) is 0 Å². The highest BCUT2D eigenvalue weighted by atomic mass is 16.1. The van der Waals surface area contributed by atoms with Crippen LogP contribution >= 0.6 is 0 Å². The number of H-pyrrole nitrogens is 2. The average Bonchev–Trinajstić information content (AvgIpc) is 2.60. The molecule has 0 aliphatic heterocycles. The summed E-state index contributed by atoms with van der Waals surface area (Å²) >= 11 is 0. The van der Waals surface area contributed by atoms with Gasteiger partial charge in [-0.3, -0.25) is 9.89 Å². The fraction of sp³-hybridized carbons (Fsp3) is 0.615. The summed E-state index contributed by atoms with van der Waals surface area (Å²) in [5.74, 6) is 1.71. The first-order valence-electron chi connectivity index (χ1n) is 6.43. The van der Waals surface area contributed by atoms with Crippen molar-refractivity contribution in [3.8, 4) is 0 Å². The van der Waals surface area contributed by atoms with E-state index < -0.39 is 0 Å². The number of nitrogens with one attached hydrogen (secondary N) is 2. The molecule has 5 heteroatoms. The van der Waals surface area contributed by atoms with Crippen LogP contribution in [0.25, 0.3) is 11.0 Å². The molecule has 2 heterocycles. The summed E-state index contributed by atoms with van der Waals surface area (Å²) in [5, 5.41) is 6.99. The molecule has 0 radical (unpaired) electrons. The Kier molecular flexibility index (Phi) is 3.50. The summed E-state index contributed by atoms with van der Waals surface area (Å²) in [5.41, 5.74) is 1.94. The number of nitrogens with zero attached hydrogens (tertiary/aromatic N) is 2. The van der Waals surface area contributed by atoms with Gasteiger partial charge in [0.1, 0.15) is 11.3 Å². The van der Waals surface area contributed by atoms with Crippen LogP contribution in [0.15, 0.2) is 4.79 Å². The number of fused-ring (bicyclic) bond motifs is 1. The van der Waals surface area contributed by atoms with Crippen molar-refractivity contribution in [3.63, 3.8) is 0 Å². The van der Waals surface area contributed by atoms with Gasteiger partial charge in [-0.2, -0.15) is 5.10 Å². The lowest BCUT2D eigenvalue weighted by Gasteiger charge is -2.05. The first-order valence-corrected chi connectivity index (χ1v) is 6.43. The monoisotopic (exact) mass is 248 g/mol. The van der Waals surface area contributed by atoms with Crippen molar-refractivity contribution >= 4 is 11.0 Å². The van der Waals surface area contributed by atoms with Gasteiger partial charge < -0.3 is 4.98 Å². The van der Waals surface area contributed by atoms with Gasteiger partial charge in [-0.05, 0) is 18.3 Å². The van der Waals surface area contributed by atoms with E-state index in [2.05, 4.69) is 47.9 Å². The van der Waals surface area contributed by atoms with Crippen LogP contribution in [0, 0.1) is 11.8 Å². The number of aromatic nitrogens is 4. The van der Waals surface area contributed by atoms with Crippen molar-refractivity contribution in [2.45, 2.75) is 40.5 Å². The SMILES string of the molecule is CC(C)Cc1nc2c(CC(C)C)[nH]nc2c(=O)[nH]1. The van der Waals surface area contributed by atoms with Crippen LogP contribution in [0.1, 0.15) is 39.2 Å². The molecule has 18 heavy (non-hydrogen) atoms. The molecule has 2 aromatic heterocycles. The van der Waals surface area contributed by atoms with E-state index in [0.29, 0.717) is 17.4 Å². The quantitative estimate of drug-likeness (QED) is 0.869. The zero-order valence-electron chi connectivity index (χ0n) is 11.4. The van der Waals surface area contributed by atoms with Gasteiger partial charge in [0.05, 0.1) is 5.69 Å². The zero-order valence-corrected chi connectivity index (χ0v) is 11.4. The molecule has 0 amide bonds. The van der Waals surface area contributed by atoms with Crippen molar-refractivity contribution < 1.29 is 0 Å². The van der Waals surface area contributed by atoms with Crippen molar-refractivity contribution in [3.05, 3.63) is 21.9 Å². The van der Waals surface area contributed by atoms with Crippen molar-refractivity contribution in [1.29, 1.82) is 0 Å². The molecule has 2 aromatic rings. The maximum atomic E-state index is 11.9. The van der Waals surface area contributed by atoms with Gasteiger partial charge in [0.15, 0.2) is 5.52 Å². The second-order valence-electron chi connectivity index (χ2n) is 5.61. The smallest absolute Gasteiger partial charge is 0.279 e. The molecule has 0 fully saturated rings. The van der Waals surface area contributed by atoms with Crippen LogP contribution in [-0.4, -0.2) is 20.2 Å². The van der Waals surface area contributed by atoms with E-state index in [-0.39, 0.29) is 5.56 Å². The van der Waals surface area contributed by atoms with Crippen LogP contribution in [0.2, 0.25) is 0 Å². The normalized spacial score (nSPS) is 11.9. The van der Waals surface area contributed by atoms with E-state index in [1.54, 1.807) is 0 Å². The molecule has 0 unspecified atom stereocenters. The summed E-state index contributed by atoms with van der Waals surface area (Å²) in [7, 11) is 0. The molecule has 0 saturated heterocycles. The Hall–Kier alpha value is -1.65. The average molecular weight is 248 g/mol. The molecule has 0 aliphatic rings. The van der Waals surface area contributed by atoms with Gasteiger partial charge in [0, 0.05) is 6.42 Å². The number of hydrogen-bond acceptors (Lipinski definition) is 3. The van der Waals surface area contributed by atoms with Crippen LogP contribution in [0.5, 0.6) is 0 Å². The molecule has 0 saturated carbocycles. The minimum Gasteiger partial charge on any atom is -0.309 e. The van der Waals surface area contributed by atoms with E-state index in [4.69, 9.17) is 0 Å². The molecule has 0 aliphatic carbocycles. The van der Waals surface area contributed by atoms with E-state index in [1.165, 1.54) is 0 Å². The maximum Gasteiger partial charge on any atom is 0.279 e. The summed E-state index contributed by atoms with van der Waals surface area (Å²) in [6, 6.07) is 0. The predicted octanol–water partition coefficient (Wildman–Crippen LogP) is 2.04. The van der Waals surface area contributed by atoms with Crippen LogP contribution in [-0.2, 0) is 12.8 Å². The first kappa shape index (κ1) is 12.8. The highest BCUT2D eigenvalue weighted by Crippen LogP contribution is 2.14. The summed E-state index contributed by atoms with van der Waals surface area (Å²) in [6.07, 6.45) is 1.63. The second kappa shape index (κ2) is 4.92. The topological polar surface area (TPSA) is 74.4 Å². The molecule has 0 aromatic carbocycles. The third-order valence-electron chi connectivity index (χ3n) is 2.75. The van der Waals surface area contributed by atoms with E-state index in [0.717, 1.165) is 29.9 Å². The fourth-order valence-electron chi connectivity index (χ4n) is 2.04. The number of rotatable bonds is 4. The van der Waals surface area contributed by atoms with E-state index >= 15 is 0 Å². The molecule has 2 rings (SSSR count). The van der Waals surface area contributed by atoms with Gasteiger partial charge in [0.2, 0.25) is 0 Å². The highest BCUT2D eigenvalue weighted by molar-refractivity contribution is 5.75. The summed E-state index contributed by atoms with van der Waals surface area (Å²) in [6.45, 7) is 8.48. The second-order valence-corrected chi connectivity index (χ2v) is 5.61. The molecule has 0 spiro atoms. The Morgan fingerprint density at radius 1 is 1.06 bits per heavy atom. The molecule has 98 valence electrons. The summed E-state index contributed by atoms with van der Waals surface area (Å²) < 4.78 is 0. The van der Waals surface area contributed by atoms with Crippen LogP contribution < -0.4 is 5.56 Å². The maximum absolute atomic E-state index is 11.9. The third kappa shape index (κ3) is 2.60. The van der Waals surface area contributed by atoms with Crippen molar-refractivity contribution in [1.82, 2.24) is 20.2 Å². The number of aromatic amines is 2. The van der Waals surface area contributed by atoms with Gasteiger partial charge in [-0.15, -0.1) is 0 Å². The standard InChI is InChI=1S/C13H20N4O/c1-7(2)5-9-11-12(17-16-9)13(18)15-10(14-11)6-8(3)4/h7-8H,5-6H2,1-4H3,(H,16,17)(H,14,15,18). The molecule has 0 atom stereocenters. The first-order chi connectivity index (χ1) is 8.47. The van der Waals surface area contributed by atoms with Gasteiger partial charge in [-0.1, -0.05) is 27.7 Å². The fourth-order valence-corrected chi connectivity index (χ4v) is 2.04. The highest BCUT2D eigenvalue weighted by Gasteiger charge is 2.13. The van der Waals surface area contributed by atoms with E-state index in [1.807, 2.05) is 0 Å². The van der Waals surface area contributed by atoms with Crippen LogP contribution in [0.4, 0.5) is 0 Å². The lowest BCUT2D eigenvalue weighted by atomic mass is 10.1. The molecule has 5 nitrogen and oxygen atoms in total. The van der Waals surface area contributed by atoms with Crippen molar-refractivity contribution in [2.75, 3.05) is 0 Å². The molecule has 2 N–H and O–H groups in total. The lowest BCUT2D eigenvalue weighted by molar-refractivity contribution is 0.619. The Bertz CT molecular complexity index is 595. The Balaban J connectivity index is 2.50. The largest absolute Gasteiger partial charge is 0.309 e. The molecule has 0 bridgehead atoms. The Labute approximate surface area is 106 Å².